The van der Waals surface area contributed by atoms with E-state index in [1.807, 2.05) is 0 Å². The summed E-state index contributed by atoms with van der Waals surface area (Å²) in [6, 6.07) is 4.55. The molecule has 2 aromatic rings. The molecule has 1 N–H and O–H groups in total. The molecule has 0 unspecified atom stereocenters. The van der Waals surface area contributed by atoms with Gasteiger partial charge in [-0.2, -0.15) is 13.2 Å². The molecule has 2 rings (SSSR count). The average molecular weight is 290 g/mol. The molecule has 0 amide bonds. The molecule has 7 heteroatoms. The Bertz CT molecular complexity index is 577. The lowest BCUT2D eigenvalue weighted by atomic mass is 10.1. The van der Waals surface area contributed by atoms with Gasteiger partial charge < -0.3 is 5.32 Å². The Morgan fingerprint density at radius 1 is 1.32 bits per heavy atom. The van der Waals surface area contributed by atoms with E-state index < -0.39 is 11.1 Å². The molecule has 0 aliphatic heterocycles. The van der Waals surface area contributed by atoms with Gasteiger partial charge in [0.15, 0.2) is 5.13 Å². The molecule has 1 aromatic carbocycles. The van der Waals surface area contributed by atoms with Crippen molar-refractivity contribution in [2.75, 3.05) is 5.32 Å². The zero-order chi connectivity index (χ0) is 14.0. The minimum atomic E-state index is -4.37. The molecular weight excluding hydrogens is 280 g/mol. The molecule has 0 aliphatic carbocycles. The summed E-state index contributed by atoms with van der Waals surface area (Å²) < 4.78 is 50.1. The van der Waals surface area contributed by atoms with Crippen molar-refractivity contribution in [3.05, 3.63) is 46.2 Å². The van der Waals surface area contributed by atoms with Crippen LogP contribution in [0.2, 0.25) is 0 Å². The van der Waals surface area contributed by atoms with Crippen LogP contribution >= 0.6 is 11.3 Å². The summed E-state index contributed by atoms with van der Waals surface area (Å²) >= 11 is 0.545. The van der Waals surface area contributed by atoms with Gasteiger partial charge in [0, 0.05) is 6.54 Å². The highest BCUT2D eigenvalue weighted by Gasteiger charge is 2.33. The smallest absolute Gasteiger partial charge is 0.357 e. The highest BCUT2D eigenvalue weighted by molar-refractivity contribution is 7.15. The minimum Gasteiger partial charge on any atom is -0.357 e. The fraction of sp³-hybridized carbons (Fsp3) is 0.250. The van der Waals surface area contributed by atoms with Crippen LogP contribution in [0, 0.1) is 12.7 Å². The lowest BCUT2D eigenvalue weighted by molar-refractivity contribution is -0.134. The second-order valence-electron chi connectivity index (χ2n) is 3.96. The molecule has 1 heterocycles. The molecule has 0 saturated heterocycles. The van der Waals surface area contributed by atoms with E-state index in [0.717, 1.165) is 11.8 Å². The Balaban J connectivity index is 2.02. The monoisotopic (exact) mass is 290 g/mol. The fourth-order valence-corrected chi connectivity index (χ4v) is 2.16. The molecule has 0 radical (unpaired) electrons. The number of nitrogens with one attached hydrogen (secondary N) is 1. The molecule has 0 saturated carbocycles. The van der Waals surface area contributed by atoms with Gasteiger partial charge in [0.1, 0.15) is 10.7 Å². The molecule has 2 nitrogen and oxygen atoms in total. The second-order valence-corrected chi connectivity index (χ2v) is 5.00. The number of nitrogens with zero attached hydrogens (tertiary/aromatic N) is 1. The lowest BCUT2D eigenvalue weighted by Gasteiger charge is -2.05. The molecule has 0 spiro atoms. The van der Waals surface area contributed by atoms with Crippen LogP contribution in [0.15, 0.2) is 24.4 Å². The van der Waals surface area contributed by atoms with Crippen LogP contribution in [0.25, 0.3) is 0 Å². The summed E-state index contributed by atoms with van der Waals surface area (Å²) in [6.07, 6.45) is -3.58. The van der Waals surface area contributed by atoms with Crippen molar-refractivity contribution in [3.8, 4) is 0 Å². The third kappa shape index (κ3) is 3.44. The quantitative estimate of drug-likeness (QED) is 0.856. The highest BCUT2D eigenvalue weighted by Crippen LogP contribution is 2.35. The number of rotatable bonds is 3. The SMILES string of the molecule is Cc1cc(CNc2ncc(C(F)(F)F)s2)ccc1F. The molecule has 0 fully saturated rings. The van der Waals surface area contributed by atoms with E-state index >= 15 is 0 Å². The predicted octanol–water partition coefficient (Wildman–Crippen LogP) is 4.22. The van der Waals surface area contributed by atoms with Crippen molar-refractivity contribution >= 4 is 16.5 Å². The average Bonchev–Trinajstić information content (AvgIpc) is 2.79. The zero-order valence-electron chi connectivity index (χ0n) is 9.88. The molecular formula is C12H10F4N2S. The van der Waals surface area contributed by atoms with Crippen molar-refractivity contribution in [3.63, 3.8) is 0 Å². The molecule has 0 bridgehead atoms. The standard InChI is InChI=1S/C12H10F4N2S/c1-7-4-8(2-3-9(7)13)5-17-11-18-6-10(19-11)12(14,15)16/h2-4,6H,5H2,1H3,(H,17,18). The van der Waals surface area contributed by atoms with E-state index in [4.69, 9.17) is 0 Å². The van der Waals surface area contributed by atoms with E-state index in [-0.39, 0.29) is 10.9 Å². The van der Waals surface area contributed by atoms with Crippen LogP contribution in [0.3, 0.4) is 0 Å². The first-order valence-electron chi connectivity index (χ1n) is 5.38. The van der Waals surface area contributed by atoms with Crippen LogP contribution in [0.1, 0.15) is 16.0 Å². The second kappa shape index (κ2) is 5.16. The fourth-order valence-electron chi connectivity index (χ4n) is 1.48. The summed E-state index contributed by atoms with van der Waals surface area (Å²) in [7, 11) is 0. The zero-order valence-corrected chi connectivity index (χ0v) is 10.7. The first kappa shape index (κ1) is 13.8. The summed E-state index contributed by atoms with van der Waals surface area (Å²) in [5.74, 6) is -0.308. The van der Waals surface area contributed by atoms with Crippen LogP contribution in [0.4, 0.5) is 22.7 Å². The molecule has 102 valence electrons. The number of aryl methyl sites for hydroxylation is 1. The Morgan fingerprint density at radius 3 is 2.63 bits per heavy atom. The van der Waals surface area contributed by atoms with Gasteiger partial charge in [0.05, 0.1) is 6.20 Å². The van der Waals surface area contributed by atoms with Crippen molar-refractivity contribution in [1.29, 1.82) is 0 Å². The summed E-state index contributed by atoms with van der Waals surface area (Å²) in [4.78, 5) is 2.91. The van der Waals surface area contributed by atoms with Gasteiger partial charge in [-0.3, -0.25) is 0 Å². The molecule has 0 atom stereocenters. The molecule has 0 aliphatic rings. The van der Waals surface area contributed by atoms with Crippen LogP contribution in [-0.2, 0) is 12.7 Å². The Morgan fingerprint density at radius 2 is 2.05 bits per heavy atom. The van der Waals surface area contributed by atoms with Gasteiger partial charge in [0.25, 0.3) is 0 Å². The van der Waals surface area contributed by atoms with Gasteiger partial charge in [-0.05, 0) is 24.1 Å². The van der Waals surface area contributed by atoms with E-state index in [9.17, 15) is 17.6 Å². The maximum Gasteiger partial charge on any atom is 0.427 e. The maximum absolute atomic E-state index is 13.0. The lowest BCUT2D eigenvalue weighted by Crippen LogP contribution is -2.01. The number of halogens is 4. The highest BCUT2D eigenvalue weighted by atomic mass is 32.1. The van der Waals surface area contributed by atoms with Crippen molar-refractivity contribution in [1.82, 2.24) is 4.98 Å². The first-order valence-corrected chi connectivity index (χ1v) is 6.20. The number of anilines is 1. The summed E-state index contributed by atoms with van der Waals surface area (Å²) in [5, 5.41) is 2.97. The number of aromatic nitrogens is 1. The minimum absolute atomic E-state index is 0.189. The predicted molar refractivity (Wildman–Crippen MR) is 65.6 cm³/mol. The first-order chi connectivity index (χ1) is 8.86. The number of benzene rings is 1. The summed E-state index contributed by atoms with van der Waals surface area (Å²) in [5.41, 5.74) is 1.28. The van der Waals surface area contributed by atoms with Crippen molar-refractivity contribution in [2.45, 2.75) is 19.6 Å². The molecule has 1 aromatic heterocycles. The van der Waals surface area contributed by atoms with E-state index in [2.05, 4.69) is 10.3 Å². The van der Waals surface area contributed by atoms with Crippen LogP contribution < -0.4 is 5.32 Å². The van der Waals surface area contributed by atoms with Gasteiger partial charge in [-0.25, -0.2) is 9.37 Å². The number of alkyl halides is 3. The Kier molecular flexibility index (Phi) is 3.75. The van der Waals surface area contributed by atoms with Gasteiger partial charge in [0.2, 0.25) is 0 Å². The van der Waals surface area contributed by atoms with Crippen molar-refractivity contribution < 1.29 is 17.6 Å². The Hall–Kier alpha value is -1.63. The van der Waals surface area contributed by atoms with E-state index in [0.29, 0.717) is 23.4 Å². The summed E-state index contributed by atoms with van der Waals surface area (Å²) in [6.45, 7) is 1.93. The third-order valence-electron chi connectivity index (χ3n) is 2.45. The van der Waals surface area contributed by atoms with E-state index in [1.165, 1.54) is 6.07 Å². The normalized spacial score (nSPS) is 11.6. The van der Waals surface area contributed by atoms with Crippen LogP contribution in [-0.4, -0.2) is 4.98 Å². The van der Waals surface area contributed by atoms with E-state index in [1.54, 1.807) is 19.1 Å². The topological polar surface area (TPSA) is 24.9 Å². The van der Waals surface area contributed by atoms with Gasteiger partial charge in [-0.15, -0.1) is 0 Å². The number of hydrogen-bond acceptors (Lipinski definition) is 3. The van der Waals surface area contributed by atoms with Crippen LogP contribution in [0.5, 0.6) is 0 Å². The third-order valence-corrected chi connectivity index (χ3v) is 3.45. The largest absolute Gasteiger partial charge is 0.427 e. The van der Waals surface area contributed by atoms with Gasteiger partial charge in [-0.1, -0.05) is 23.5 Å². The molecule has 19 heavy (non-hydrogen) atoms. The number of hydrogen-bond donors (Lipinski definition) is 1. The van der Waals surface area contributed by atoms with Gasteiger partial charge >= 0.3 is 6.18 Å². The maximum atomic E-state index is 13.0. The van der Waals surface area contributed by atoms with Crippen molar-refractivity contribution in [2.24, 2.45) is 0 Å². The Labute approximate surface area is 111 Å². The number of thiazole rings is 1.